The second-order valence-corrected chi connectivity index (χ2v) is 2.54. The van der Waals surface area contributed by atoms with Crippen LogP contribution < -0.4 is 0 Å². The summed E-state index contributed by atoms with van der Waals surface area (Å²) in [6, 6.07) is 2.48. The van der Waals surface area contributed by atoms with Crippen LogP contribution in [0.4, 0.5) is 13.2 Å². The highest BCUT2D eigenvalue weighted by molar-refractivity contribution is 5.46. The van der Waals surface area contributed by atoms with Crippen LogP contribution in [-0.2, 0) is 0 Å². The van der Waals surface area contributed by atoms with Crippen LogP contribution >= 0.6 is 0 Å². The molecule has 0 fully saturated rings. The highest BCUT2D eigenvalue weighted by Gasteiger charge is 2.22. The van der Waals surface area contributed by atoms with Gasteiger partial charge in [0, 0.05) is 5.56 Å². The van der Waals surface area contributed by atoms with Crippen molar-refractivity contribution in [1.82, 2.24) is 0 Å². The Morgan fingerprint density at radius 2 is 1.21 bits per heavy atom. The molecule has 0 radical (unpaired) electrons. The van der Waals surface area contributed by atoms with Crippen molar-refractivity contribution in [3.63, 3.8) is 0 Å². The van der Waals surface area contributed by atoms with Crippen LogP contribution in [0.15, 0.2) is 0 Å². The fourth-order valence-corrected chi connectivity index (χ4v) is 0.985. The minimum atomic E-state index is -1.45. The summed E-state index contributed by atoms with van der Waals surface area (Å²) < 4.78 is 39.1. The fourth-order valence-electron chi connectivity index (χ4n) is 0.985. The smallest absolute Gasteiger partial charge is 0.164 e. The average molecular weight is 196 g/mol. The van der Waals surface area contributed by atoms with Crippen molar-refractivity contribution < 1.29 is 13.2 Å². The first kappa shape index (κ1) is 10.1. The summed E-state index contributed by atoms with van der Waals surface area (Å²) >= 11 is 0. The summed E-state index contributed by atoms with van der Waals surface area (Å²) in [5, 5.41) is 16.7. The molecule has 0 aliphatic carbocycles. The molecular weight excluding hydrogens is 193 g/mol. The van der Waals surface area contributed by atoms with Crippen LogP contribution in [-0.4, -0.2) is 0 Å². The van der Waals surface area contributed by atoms with E-state index in [4.69, 9.17) is 10.5 Å². The molecule has 70 valence electrons. The zero-order valence-corrected chi connectivity index (χ0v) is 7.03. The van der Waals surface area contributed by atoms with E-state index in [1.54, 1.807) is 0 Å². The first-order chi connectivity index (χ1) is 6.54. The molecule has 0 saturated carbocycles. The molecule has 0 aliphatic heterocycles. The number of hydrogen-bond acceptors (Lipinski definition) is 2. The lowest BCUT2D eigenvalue weighted by Gasteiger charge is -2.04. The molecule has 0 N–H and O–H groups in total. The van der Waals surface area contributed by atoms with Gasteiger partial charge in [0.15, 0.2) is 5.82 Å². The maximum absolute atomic E-state index is 13.0. The average Bonchev–Trinajstić information content (AvgIpc) is 2.16. The largest absolute Gasteiger partial charge is 0.205 e. The number of nitriles is 2. The lowest BCUT2D eigenvalue weighted by atomic mass is 10.0. The van der Waals surface area contributed by atoms with E-state index >= 15 is 0 Å². The Morgan fingerprint density at radius 1 is 0.857 bits per heavy atom. The van der Waals surface area contributed by atoms with Gasteiger partial charge < -0.3 is 0 Å². The molecule has 1 aromatic rings. The van der Waals surface area contributed by atoms with E-state index in [1.807, 2.05) is 0 Å². The van der Waals surface area contributed by atoms with Gasteiger partial charge >= 0.3 is 0 Å². The van der Waals surface area contributed by atoms with E-state index in [9.17, 15) is 13.2 Å². The Kier molecular flexibility index (Phi) is 2.44. The monoisotopic (exact) mass is 196 g/mol. The molecule has 0 saturated heterocycles. The van der Waals surface area contributed by atoms with E-state index in [2.05, 4.69) is 0 Å². The second kappa shape index (κ2) is 3.39. The van der Waals surface area contributed by atoms with Crippen molar-refractivity contribution >= 4 is 0 Å². The Bertz CT molecular complexity index is 439. The van der Waals surface area contributed by atoms with E-state index in [-0.39, 0.29) is 0 Å². The Balaban J connectivity index is 3.78. The van der Waals surface area contributed by atoms with Gasteiger partial charge in [-0.1, -0.05) is 0 Å². The predicted molar refractivity (Wildman–Crippen MR) is 40.5 cm³/mol. The van der Waals surface area contributed by atoms with Crippen LogP contribution in [0.1, 0.15) is 16.7 Å². The topological polar surface area (TPSA) is 47.6 Å². The second-order valence-electron chi connectivity index (χ2n) is 2.54. The van der Waals surface area contributed by atoms with Gasteiger partial charge in [-0.25, -0.2) is 13.2 Å². The van der Waals surface area contributed by atoms with Crippen molar-refractivity contribution in [2.24, 2.45) is 0 Å². The molecule has 1 aromatic carbocycles. The molecule has 0 amide bonds. The highest BCUT2D eigenvalue weighted by Crippen LogP contribution is 2.23. The standard InChI is InChI=1S/C9H3F3N2/c1-4-7(10)5(2-13)9(12)6(3-14)8(4)11/h1H3. The molecule has 0 aliphatic rings. The molecule has 0 spiro atoms. The number of benzene rings is 1. The zero-order valence-electron chi connectivity index (χ0n) is 7.03. The van der Waals surface area contributed by atoms with Crippen molar-refractivity contribution in [2.45, 2.75) is 6.92 Å². The van der Waals surface area contributed by atoms with Gasteiger partial charge in [-0.15, -0.1) is 0 Å². The number of nitrogens with zero attached hydrogens (tertiary/aromatic N) is 2. The number of rotatable bonds is 0. The number of hydrogen-bond donors (Lipinski definition) is 0. The fraction of sp³-hybridized carbons (Fsp3) is 0.111. The molecule has 0 aromatic heterocycles. The summed E-state index contributed by atoms with van der Waals surface area (Å²) in [7, 11) is 0. The molecule has 1 rings (SSSR count). The summed E-state index contributed by atoms with van der Waals surface area (Å²) in [4.78, 5) is 0. The summed E-state index contributed by atoms with van der Waals surface area (Å²) in [6.07, 6.45) is 0. The van der Waals surface area contributed by atoms with Crippen LogP contribution in [0.3, 0.4) is 0 Å². The van der Waals surface area contributed by atoms with Crippen LogP contribution in [0.25, 0.3) is 0 Å². The molecule has 0 atom stereocenters. The van der Waals surface area contributed by atoms with E-state index in [1.165, 1.54) is 12.1 Å². The lowest BCUT2D eigenvalue weighted by molar-refractivity contribution is 0.524. The summed E-state index contributed by atoms with van der Waals surface area (Å²) in [5.41, 5.74) is -2.39. The SMILES string of the molecule is Cc1c(F)c(C#N)c(F)c(C#N)c1F. The van der Waals surface area contributed by atoms with E-state index < -0.39 is 34.1 Å². The van der Waals surface area contributed by atoms with Crippen LogP contribution in [0.5, 0.6) is 0 Å². The highest BCUT2D eigenvalue weighted by atomic mass is 19.1. The minimum absolute atomic E-state index is 0.528. The summed E-state index contributed by atoms with van der Waals surface area (Å²) in [6.45, 7) is 1.03. The Morgan fingerprint density at radius 3 is 1.50 bits per heavy atom. The van der Waals surface area contributed by atoms with Gasteiger partial charge in [0.05, 0.1) is 0 Å². The Labute approximate surface area is 77.8 Å². The van der Waals surface area contributed by atoms with Gasteiger partial charge in [-0.05, 0) is 6.92 Å². The predicted octanol–water partition coefficient (Wildman–Crippen LogP) is 2.16. The summed E-state index contributed by atoms with van der Waals surface area (Å²) in [5.74, 6) is -3.97. The maximum atomic E-state index is 13.0. The van der Waals surface area contributed by atoms with E-state index in [0.29, 0.717) is 0 Å². The molecule has 14 heavy (non-hydrogen) atoms. The van der Waals surface area contributed by atoms with Crippen molar-refractivity contribution in [3.8, 4) is 12.1 Å². The molecule has 2 nitrogen and oxygen atoms in total. The maximum Gasteiger partial charge on any atom is 0.164 e. The third-order valence-corrected chi connectivity index (χ3v) is 1.76. The molecular formula is C9H3F3N2. The first-order valence-corrected chi connectivity index (χ1v) is 3.51. The van der Waals surface area contributed by atoms with Crippen molar-refractivity contribution in [3.05, 3.63) is 34.1 Å². The Hall–Kier alpha value is -2.01. The molecule has 0 unspecified atom stereocenters. The first-order valence-electron chi connectivity index (χ1n) is 3.51. The quantitative estimate of drug-likeness (QED) is 0.638. The normalized spacial score (nSPS) is 9.29. The number of halogens is 3. The van der Waals surface area contributed by atoms with Crippen molar-refractivity contribution in [2.75, 3.05) is 0 Å². The van der Waals surface area contributed by atoms with Gasteiger partial charge in [0.1, 0.15) is 34.9 Å². The van der Waals surface area contributed by atoms with Crippen molar-refractivity contribution in [1.29, 1.82) is 10.5 Å². The van der Waals surface area contributed by atoms with Crippen LogP contribution in [0, 0.1) is 47.0 Å². The lowest BCUT2D eigenvalue weighted by Crippen LogP contribution is -2.03. The third-order valence-electron chi connectivity index (χ3n) is 1.76. The van der Waals surface area contributed by atoms with Gasteiger partial charge in [-0.2, -0.15) is 10.5 Å². The van der Waals surface area contributed by atoms with E-state index in [0.717, 1.165) is 6.92 Å². The molecule has 0 heterocycles. The van der Waals surface area contributed by atoms with Crippen LogP contribution in [0.2, 0.25) is 0 Å². The molecule has 5 heteroatoms. The molecule has 0 bridgehead atoms. The zero-order chi connectivity index (χ0) is 10.9. The minimum Gasteiger partial charge on any atom is -0.205 e. The van der Waals surface area contributed by atoms with Gasteiger partial charge in [0.2, 0.25) is 0 Å². The van der Waals surface area contributed by atoms with Gasteiger partial charge in [-0.3, -0.25) is 0 Å². The van der Waals surface area contributed by atoms with Gasteiger partial charge in [0.25, 0.3) is 0 Å². The third kappa shape index (κ3) is 1.20.